The fourth-order valence-corrected chi connectivity index (χ4v) is 3.56. The Labute approximate surface area is 71.9 Å². The molecule has 0 heterocycles. The summed E-state index contributed by atoms with van der Waals surface area (Å²) in [5.41, 5.74) is 0. The summed E-state index contributed by atoms with van der Waals surface area (Å²) in [7, 11) is 0. The van der Waals surface area contributed by atoms with Gasteiger partial charge in [-0.2, -0.15) is 0 Å². The maximum absolute atomic E-state index is 9.64. The fourth-order valence-electron chi connectivity index (χ4n) is 3.56. The van der Waals surface area contributed by atoms with E-state index >= 15 is 0 Å². The predicted molar refractivity (Wildman–Crippen MR) is 44.3 cm³/mol. The van der Waals surface area contributed by atoms with E-state index in [0.717, 1.165) is 12.8 Å². The molecule has 0 aromatic rings. The van der Waals surface area contributed by atoms with E-state index in [0.29, 0.717) is 23.7 Å². The number of rotatable bonds is 0. The van der Waals surface area contributed by atoms with Gasteiger partial charge in [0.2, 0.25) is 0 Å². The standard InChI is InChI=1S/C10H14O2/c11-8-2-1-6-7-3-5(10(6)8)4-9(7)12/h1-2,5-12H,3-4H2. The molecule has 12 heavy (non-hydrogen) atoms. The minimum absolute atomic E-state index is 0.0915. The third-order valence-corrected chi connectivity index (χ3v) is 4.02. The second kappa shape index (κ2) is 2.12. The molecular formula is C10H14O2. The Balaban J connectivity index is 1.94. The van der Waals surface area contributed by atoms with E-state index in [1.54, 1.807) is 0 Å². The zero-order chi connectivity index (χ0) is 8.29. The second-order valence-electron chi connectivity index (χ2n) is 4.49. The minimum Gasteiger partial charge on any atom is -0.393 e. The Kier molecular flexibility index (Phi) is 1.25. The van der Waals surface area contributed by atoms with Crippen LogP contribution in [0, 0.1) is 23.7 Å². The van der Waals surface area contributed by atoms with Crippen molar-refractivity contribution in [3.63, 3.8) is 0 Å². The molecule has 0 aliphatic heterocycles. The smallest absolute Gasteiger partial charge is 0.0757 e. The van der Waals surface area contributed by atoms with Crippen LogP contribution in [0.5, 0.6) is 0 Å². The molecule has 0 radical (unpaired) electrons. The molecule has 2 saturated carbocycles. The van der Waals surface area contributed by atoms with Crippen LogP contribution in [-0.4, -0.2) is 22.4 Å². The monoisotopic (exact) mass is 166 g/mol. The summed E-state index contributed by atoms with van der Waals surface area (Å²) in [6.45, 7) is 0. The summed E-state index contributed by atoms with van der Waals surface area (Å²) < 4.78 is 0. The van der Waals surface area contributed by atoms with E-state index in [4.69, 9.17) is 0 Å². The second-order valence-corrected chi connectivity index (χ2v) is 4.49. The Morgan fingerprint density at radius 3 is 2.75 bits per heavy atom. The van der Waals surface area contributed by atoms with Gasteiger partial charge in [-0.3, -0.25) is 0 Å². The number of fused-ring (bicyclic) bond motifs is 5. The van der Waals surface area contributed by atoms with Gasteiger partial charge in [0.05, 0.1) is 12.2 Å². The molecule has 2 nitrogen and oxygen atoms in total. The van der Waals surface area contributed by atoms with Crippen LogP contribution in [0.1, 0.15) is 12.8 Å². The van der Waals surface area contributed by atoms with Gasteiger partial charge in [0.15, 0.2) is 0 Å². The molecular weight excluding hydrogens is 152 g/mol. The third kappa shape index (κ3) is 0.679. The molecule has 2 fully saturated rings. The average molecular weight is 166 g/mol. The molecule has 2 N–H and O–H groups in total. The normalized spacial score (nSPS) is 61.2. The molecule has 3 aliphatic rings. The largest absolute Gasteiger partial charge is 0.393 e. The van der Waals surface area contributed by atoms with Gasteiger partial charge in [0.1, 0.15) is 0 Å². The topological polar surface area (TPSA) is 40.5 Å². The molecule has 2 heteroatoms. The van der Waals surface area contributed by atoms with Crippen molar-refractivity contribution >= 4 is 0 Å². The molecule has 66 valence electrons. The Hall–Kier alpha value is -0.340. The van der Waals surface area contributed by atoms with Crippen LogP contribution in [0.4, 0.5) is 0 Å². The van der Waals surface area contributed by atoms with Crippen LogP contribution < -0.4 is 0 Å². The van der Waals surface area contributed by atoms with E-state index in [2.05, 4.69) is 6.08 Å². The highest BCUT2D eigenvalue weighted by molar-refractivity contribution is 5.18. The van der Waals surface area contributed by atoms with Crippen LogP contribution in [0.2, 0.25) is 0 Å². The Bertz CT molecular complexity index is 236. The first-order valence-corrected chi connectivity index (χ1v) is 4.82. The van der Waals surface area contributed by atoms with Crippen molar-refractivity contribution in [2.45, 2.75) is 25.0 Å². The van der Waals surface area contributed by atoms with Crippen LogP contribution in [0.3, 0.4) is 0 Å². The van der Waals surface area contributed by atoms with Crippen molar-refractivity contribution in [2.75, 3.05) is 0 Å². The summed E-state index contributed by atoms with van der Waals surface area (Å²) >= 11 is 0. The van der Waals surface area contributed by atoms with Gasteiger partial charge >= 0.3 is 0 Å². The minimum atomic E-state index is -0.225. The number of aliphatic hydroxyl groups excluding tert-OH is 2. The maximum atomic E-state index is 9.64. The summed E-state index contributed by atoms with van der Waals surface area (Å²) in [5.74, 6) is 1.96. The van der Waals surface area contributed by atoms with Crippen molar-refractivity contribution in [2.24, 2.45) is 23.7 Å². The first-order chi connectivity index (χ1) is 5.77. The third-order valence-electron chi connectivity index (χ3n) is 4.02. The van der Waals surface area contributed by atoms with E-state index < -0.39 is 0 Å². The van der Waals surface area contributed by atoms with Gasteiger partial charge in [0.25, 0.3) is 0 Å². The Morgan fingerprint density at radius 1 is 1.08 bits per heavy atom. The molecule has 6 atom stereocenters. The molecule has 3 rings (SSSR count). The van der Waals surface area contributed by atoms with Crippen LogP contribution in [-0.2, 0) is 0 Å². The molecule has 6 unspecified atom stereocenters. The molecule has 2 bridgehead atoms. The average Bonchev–Trinajstić information content (AvgIpc) is 2.62. The molecule has 3 aliphatic carbocycles. The summed E-state index contributed by atoms with van der Waals surface area (Å²) in [6, 6.07) is 0. The van der Waals surface area contributed by atoms with Gasteiger partial charge in [0, 0.05) is 0 Å². The zero-order valence-corrected chi connectivity index (χ0v) is 6.93. The fraction of sp³-hybridized carbons (Fsp3) is 0.800. The van der Waals surface area contributed by atoms with E-state index in [1.165, 1.54) is 0 Å². The van der Waals surface area contributed by atoms with E-state index in [1.807, 2.05) is 6.08 Å². The summed E-state index contributed by atoms with van der Waals surface area (Å²) in [5, 5.41) is 19.3. The summed E-state index contributed by atoms with van der Waals surface area (Å²) in [4.78, 5) is 0. The molecule has 0 saturated heterocycles. The lowest BCUT2D eigenvalue weighted by Gasteiger charge is -2.29. The van der Waals surface area contributed by atoms with Crippen LogP contribution in [0.25, 0.3) is 0 Å². The highest BCUT2D eigenvalue weighted by atomic mass is 16.3. The van der Waals surface area contributed by atoms with Crippen molar-refractivity contribution in [1.82, 2.24) is 0 Å². The van der Waals surface area contributed by atoms with Gasteiger partial charge in [-0.15, -0.1) is 0 Å². The predicted octanol–water partition coefficient (Wildman–Crippen LogP) is 0.550. The van der Waals surface area contributed by atoms with Gasteiger partial charge in [-0.25, -0.2) is 0 Å². The van der Waals surface area contributed by atoms with Crippen molar-refractivity contribution in [1.29, 1.82) is 0 Å². The van der Waals surface area contributed by atoms with Crippen molar-refractivity contribution in [3.8, 4) is 0 Å². The van der Waals surface area contributed by atoms with E-state index in [-0.39, 0.29) is 12.2 Å². The highest BCUT2D eigenvalue weighted by Crippen LogP contribution is 2.56. The lowest BCUT2D eigenvalue weighted by Crippen LogP contribution is -2.32. The lowest BCUT2D eigenvalue weighted by molar-refractivity contribution is 0.0381. The van der Waals surface area contributed by atoms with Crippen LogP contribution in [0.15, 0.2) is 12.2 Å². The summed E-state index contributed by atoms with van der Waals surface area (Å²) in [6.07, 6.45) is 5.76. The number of hydrogen-bond donors (Lipinski definition) is 2. The van der Waals surface area contributed by atoms with Gasteiger partial charge < -0.3 is 10.2 Å². The lowest BCUT2D eigenvalue weighted by atomic mass is 9.79. The molecule has 0 amide bonds. The van der Waals surface area contributed by atoms with E-state index in [9.17, 15) is 10.2 Å². The molecule has 0 aromatic heterocycles. The zero-order valence-electron chi connectivity index (χ0n) is 6.93. The first-order valence-electron chi connectivity index (χ1n) is 4.82. The molecule has 0 spiro atoms. The van der Waals surface area contributed by atoms with Crippen molar-refractivity contribution in [3.05, 3.63) is 12.2 Å². The van der Waals surface area contributed by atoms with Gasteiger partial charge in [-0.05, 0) is 36.5 Å². The quantitative estimate of drug-likeness (QED) is 0.516. The maximum Gasteiger partial charge on any atom is 0.0757 e. The number of aliphatic hydroxyl groups is 2. The highest BCUT2D eigenvalue weighted by Gasteiger charge is 2.54. The van der Waals surface area contributed by atoms with Crippen molar-refractivity contribution < 1.29 is 10.2 Å². The number of hydrogen-bond acceptors (Lipinski definition) is 2. The SMILES string of the molecule is OC1C=CC2C3CC(CC3O)C12. The number of allylic oxidation sites excluding steroid dienone is 1. The van der Waals surface area contributed by atoms with Gasteiger partial charge in [-0.1, -0.05) is 12.2 Å². The Morgan fingerprint density at radius 2 is 1.92 bits per heavy atom. The van der Waals surface area contributed by atoms with Crippen LogP contribution >= 0.6 is 0 Å². The molecule has 0 aromatic carbocycles. The first kappa shape index (κ1) is 7.10.